The molecule has 1 N–H and O–H groups in total. The third-order valence-electron chi connectivity index (χ3n) is 3.42. The van der Waals surface area contributed by atoms with Crippen molar-refractivity contribution in [1.29, 1.82) is 0 Å². The van der Waals surface area contributed by atoms with Gasteiger partial charge in [0.1, 0.15) is 0 Å². The van der Waals surface area contributed by atoms with Gasteiger partial charge in [-0.3, -0.25) is 0 Å². The summed E-state index contributed by atoms with van der Waals surface area (Å²) in [5.41, 5.74) is 0.733. The molecular weight excluding hydrogens is 250 g/mol. The molecule has 0 aliphatic rings. The summed E-state index contributed by atoms with van der Waals surface area (Å²) in [5, 5.41) is 3.59. The minimum absolute atomic E-state index is 0.210. The van der Waals surface area contributed by atoms with Crippen LogP contribution in [-0.2, 0) is 10.8 Å². The first-order chi connectivity index (χ1) is 8.42. The van der Waals surface area contributed by atoms with Gasteiger partial charge in [0, 0.05) is 20.7 Å². The van der Waals surface area contributed by atoms with Crippen molar-refractivity contribution in [2.45, 2.75) is 78.2 Å². The first kappa shape index (κ1) is 16.7. The standard InChI is InChI=1S/C17H31NS/c1-15(2,3)13-9-10-14(19-13)17(7,8)11-12-18-16(4,5)6/h9-10,18H,11-12H2,1-8H3. The molecule has 1 heterocycles. The van der Waals surface area contributed by atoms with E-state index in [1.165, 1.54) is 16.2 Å². The number of nitrogens with one attached hydrogen (secondary N) is 1. The van der Waals surface area contributed by atoms with Gasteiger partial charge in [0.05, 0.1) is 0 Å². The van der Waals surface area contributed by atoms with E-state index in [0.717, 1.165) is 6.54 Å². The molecule has 0 radical (unpaired) electrons. The van der Waals surface area contributed by atoms with Gasteiger partial charge in [0.25, 0.3) is 0 Å². The van der Waals surface area contributed by atoms with Crippen LogP contribution in [0, 0.1) is 0 Å². The second-order valence-corrected chi connectivity index (χ2v) is 9.31. The Morgan fingerprint density at radius 2 is 1.42 bits per heavy atom. The van der Waals surface area contributed by atoms with Gasteiger partial charge in [-0.1, -0.05) is 34.6 Å². The molecule has 0 atom stereocenters. The van der Waals surface area contributed by atoms with E-state index in [9.17, 15) is 0 Å². The quantitative estimate of drug-likeness (QED) is 0.809. The van der Waals surface area contributed by atoms with Crippen molar-refractivity contribution in [3.63, 3.8) is 0 Å². The summed E-state index contributed by atoms with van der Waals surface area (Å²) < 4.78 is 0. The third-order valence-corrected chi connectivity index (χ3v) is 5.29. The molecule has 0 spiro atoms. The van der Waals surface area contributed by atoms with E-state index in [4.69, 9.17) is 0 Å². The zero-order chi connectivity index (χ0) is 14.9. The molecule has 0 amide bonds. The number of hydrogen-bond acceptors (Lipinski definition) is 2. The molecule has 0 bridgehead atoms. The molecule has 0 aliphatic carbocycles. The summed E-state index contributed by atoms with van der Waals surface area (Å²) in [7, 11) is 0. The first-order valence-electron chi connectivity index (χ1n) is 7.28. The van der Waals surface area contributed by atoms with Gasteiger partial charge in [0.2, 0.25) is 0 Å². The minimum Gasteiger partial charge on any atom is -0.312 e. The molecule has 110 valence electrons. The fourth-order valence-electron chi connectivity index (χ4n) is 1.98. The lowest BCUT2D eigenvalue weighted by atomic mass is 9.87. The summed E-state index contributed by atoms with van der Waals surface area (Å²) in [6.07, 6.45) is 1.17. The lowest BCUT2D eigenvalue weighted by Gasteiger charge is -2.27. The summed E-state index contributed by atoms with van der Waals surface area (Å²) in [5.74, 6) is 0. The maximum Gasteiger partial charge on any atom is 0.0105 e. The zero-order valence-electron chi connectivity index (χ0n) is 14.0. The zero-order valence-corrected chi connectivity index (χ0v) is 14.8. The Morgan fingerprint density at radius 1 is 0.895 bits per heavy atom. The normalized spacial score (nSPS) is 13.9. The Bertz CT molecular complexity index is 402. The van der Waals surface area contributed by atoms with Gasteiger partial charge in [-0.2, -0.15) is 0 Å². The Labute approximate surface area is 123 Å². The smallest absolute Gasteiger partial charge is 0.0105 e. The first-order valence-corrected chi connectivity index (χ1v) is 8.09. The highest BCUT2D eigenvalue weighted by Gasteiger charge is 2.25. The Balaban J connectivity index is 2.69. The van der Waals surface area contributed by atoms with Crippen LogP contribution in [0.5, 0.6) is 0 Å². The predicted octanol–water partition coefficient (Wildman–Crippen LogP) is 5.10. The molecule has 0 unspecified atom stereocenters. The Morgan fingerprint density at radius 3 is 1.84 bits per heavy atom. The van der Waals surface area contributed by atoms with Crippen LogP contribution in [0.25, 0.3) is 0 Å². The van der Waals surface area contributed by atoms with Crippen molar-refractivity contribution >= 4 is 11.3 Å². The predicted molar refractivity (Wildman–Crippen MR) is 88.4 cm³/mol. The molecule has 0 saturated heterocycles. The molecule has 0 saturated carbocycles. The molecule has 0 aromatic carbocycles. The average molecular weight is 282 g/mol. The highest BCUT2D eigenvalue weighted by atomic mass is 32.1. The fraction of sp³-hybridized carbons (Fsp3) is 0.765. The minimum atomic E-state index is 0.210. The van der Waals surface area contributed by atoms with E-state index >= 15 is 0 Å². The summed E-state index contributed by atoms with van der Waals surface area (Å²) >= 11 is 1.98. The summed E-state index contributed by atoms with van der Waals surface area (Å²) in [6.45, 7) is 19.3. The monoisotopic (exact) mass is 281 g/mol. The van der Waals surface area contributed by atoms with Crippen LogP contribution >= 0.6 is 11.3 Å². The fourth-order valence-corrected chi connectivity index (χ4v) is 3.17. The van der Waals surface area contributed by atoms with Crippen LogP contribution in [-0.4, -0.2) is 12.1 Å². The Kier molecular flexibility index (Phi) is 4.90. The van der Waals surface area contributed by atoms with Crippen LogP contribution < -0.4 is 5.32 Å². The van der Waals surface area contributed by atoms with Crippen molar-refractivity contribution < 1.29 is 0 Å². The van der Waals surface area contributed by atoms with Crippen molar-refractivity contribution in [1.82, 2.24) is 5.32 Å². The Hall–Kier alpha value is -0.340. The van der Waals surface area contributed by atoms with E-state index in [1.807, 2.05) is 11.3 Å². The highest BCUT2D eigenvalue weighted by molar-refractivity contribution is 7.12. The van der Waals surface area contributed by atoms with Crippen molar-refractivity contribution in [3.8, 4) is 0 Å². The van der Waals surface area contributed by atoms with Gasteiger partial charge in [-0.25, -0.2) is 0 Å². The van der Waals surface area contributed by atoms with Crippen LogP contribution in [0.2, 0.25) is 0 Å². The van der Waals surface area contributed by atoms with E-state index in [1.54, 1.807) is 0 Å². The van der Waals surface area contributed by atoms with E-state index in [2.05, 4.69) is 72.8 Å². The van der Waals surface area contributed by atoms with Gasteiger partial charge in [-0.05, 0) is 51.3 Å². The SMILES string of the molecule is CC(C)(C)NCCC(C)(C)c1ccc(C(C)(C)C)s1. The second kappa shape index (κ2) is 5.57. The number of hydrogen-bond donors (Lipinski definition) is 1. The van der Waals surface area contributed by atoms with Crippen LogP contribution in [0.1, 0.15) is 71.6 Å². The van der Waals surface area contributed by atoms with Crippen LogP contribution in [0.3, 0.4) is 0 Å². The molecule has 1 aromatic rings. The second-order valence-electron chi connectivity index (χ2n) is 8.22. The van der Waals surface area contributed by atoms with Crippen LogP contribution in [0.4, 0.5) is 0 Å². The molecule has 1 nitrogen and oxygen atoms in total. The molecule has 2 heteroatoms. The van der Waals surface area contributed by atoms with E-state index < -0.39 is 0 Å². The van der Waals surface area contributed by atoms with Gasteiger partial charge in [-0.15, -0.1) is 11.3 Å². The third kappa shape index (κ3) is 5.27. The maximum absolute atomic E-state index is 3.59. The van der Waals surface area contributed by atoms with E-state index in [-0.39, 0.29) is 16.4 Å². The van der Waals surface area contributed by atoms with Gasteiger partial charge < -0.3 is 5.32 Å². The highest BCUT2D eigenvalue weighted by Crippen LogP contribution is 2.37. The molecule has 0 aliphatic heterocycles. The summed E-state index contributed by atoms with van der Waals surface area (Å²) in [6, 6.07) is 4.63. The van der Waals surface area contributed by atoms with Gasteiger partial charge >= 0.3 is 0 Å². The average Bonchev–Trinajstić information content (AvgIpc) is 2.62. The maximum atomic E-state index is 3.59. The van der Waals surface area contributed by atoms with Crippen molar-refractivity contribution in [2.75, 3.05) is 6.54 Å². The van der Waals surface area contributed by atoms with E-state index in [0.29, 0.717) is 0 Å². The van der Waals surface area contributed by atoms with Crippen LogP contribution in [0.15, 0.2) is 12.1 Å². The van der Waals surface area contributed by atoms with Crippen molar-refractivity contribution in [3.05, 3.63) is 21.9 Å². The molecule has 19 heavy (non-hydrogen) atoms. The lowest BCUT2D eigenvalue weighted by Crippen LogP contribution is -2.38. The molecule has 0 fully saturated rings. The van der Waals surface area contributed by atoms with Crippen molar-refractivity contribution in [2.24, 2.45) is 0 Å². The largest absolute Gasteiger partial charge is 0.312 e. The topological polar surface area (TPSA) is 12.0 Å². The molecular formula is C17H31NS. The molecule has 1 rings (SSSR count). The number of thiophene rings is 1. The number of rotatable bonds is 4. The molecule has 1 aromatic heterocycles. The lowest BCUT2D eigenvalue weighted by molar-refractivity contribution is 0.382. The van der Waals surface area contributed by atoms with Gasteiger partial charge in [0.15, 0.2) is 0 Å². The summed E-state index contributed by atoms with van der Waals surface area (Å²) in [4.78, 5) is 2.99.